The third kappa shape index (κ3) is 3.66. The summed E-state index contributed by atoms with van der Waals surface area (Å²) in [6, 6.07) is 5.05. The van der Waals surface area contributed by atoms with Crippen molar-refractivity contribution in [2.45, 2.75) is 19.3 Å². The highest BCUT2D eigenvalue weighted by Gasteiger charge is 2.17. The van der Waals surface area contributed by atoms with Crippen molar-refractivity contribution in [3.8, 4) is 5.75 Å². The highest BCUT2D eigenvalue weighted by atomic mass is 31.2. The van der Waals surface area contributed by atoms with Crippen molar-refractivity contribution in [1.82, 2.24) is 9.88 Å². The summed E-state index contributed by atoms with van der Waals surface area (Å²) in [5.41, 5.74) is 2.05. The predicted molar refractivity (Wildman–Crippen MR) is 80.3 cm³/mol. The van der Waals surface area contributed by atoms with Crippen LogP contribution in [0.2, 0.25) is 0 Å². The molecule has 21 heavy (non-hydrogen) atoms. The molecule has 3 rings (SSSR count). The maximum atomic E-state index is 10.8. The Balaban J connectivity index is 1.74. The van der Waals surface area contributed by atoms with Crippen molar-refractivity contribution in [3.63, 3.8) is 0 Å². The molecule has 0 atom stereocenters. The molecule has 1 fully saturated rings. The summed E-state index contributed by atoms with van der Waals surface area (Å²) in [6.07, 6.45) is 5.51. The van der Waals surface area contributed by atoms with Gasteiger partial charge in [0.1, 0.15) is 5.75 Å². The van der Waals surface area contributed by atoms with Crippen molar-refractivity contribution < 1.29 is 18.9 Å². The molecule has 0 saturated carbocycles. The molecule has 1 aliphatic rings. The Morgan fingerprint density at radius 2 is 2.05 bits per heavy atom. The van der Waals surface area contributed by atoms with E-state index in [4.69, 9.17) is 9.79 Å². The van der Waals surface area contributed by atoms with Gasteiger partial charge < -0.3 is 14.4 Å². The van der Waals surface area contributed by atoms with Gasteiger partial charge in [-0.3, -0.25) is 9.79 Å². The van der Waals surface area contributed by atoms with Gasteiger partial charge in [0.2, 0.25) is 0 Å². The van der Waals surface area contributed by atoms with Crippen LogP contribution in [-0.2, 0) is 11.0 Å². The van der Waals surface area contributed by atoms with Crippen LogP contribution < -0.4 is 4.52 Å². The Bertz CT molecular complexity index is 673. The van der Waals surface area contributed by atoms with Crippen LogP contribution in [0.3, 0.4) is 0 Å². The summed E-state index contributed by atoms with van der Waals surface area (Å²) < 4.78 is 15.4. The molecular formula is C14H19N2O4P. The first-order valence-corrected chi connectivity index (χ1v) is 8.62. The number of aromatic amines is 1. The minimum atomic E-state index is -4.51. The summed E-state index contributed by atoms with van der Waals surface area (Å²) >= 11 is 0. The summed E-state index contributed by atoms with van der Waals surface area (Å²) in [5, 5.41) is 1.08. The van der Waals surface area contributed by atoms with E-state index in [1.807, 2.05) is 12.3 Å². The second-order valence-corrected chi connectivity index (χ2v) is 6.57. The highest BCUT2D eigenvalue weighted by molar-refractivity contribution is 7.46. The molecule has 0 radical (unpaired) electrons. The highest BCUT2D eigenvalue weighted by Crippen LogP contribution is 2.38. The Morgan fingerprint density at radius 3 is 2.76 bits per heavy atom. The van der Waals surface area contributed by atoms with Crippen molar-refractivity contribution in [3.05, 3.63) is 30.0 Å². The number of phosphoric acid groups is 1. The van der Waals surface area contributed by atoms with Gasteiger partial charge in [-0.2, -0.15) is 0 Å². The Labute approximate surface area is 123 Å². The first kappa shape index (κ1) is 14.6. The maximum Gasteiger partial charge on any atom is 0.524 e. The SMILES string of the molecule is O=P(O)(O)Oc1ccc2c(CCN3CCCC3)c[nH]c2c1. The fourth-order valence-electron chi connectivity index (χ4n) is 2.85. The van der Waals surface area contributed by atoms with Crippen LogP contribution in [-0.4, -0.2) is 39.3 Å². The number of fused-ring (bicyclic) bond motifs is 1. The lowest BCUT2D eigenvalue weighted by atomic mass is 10.1. The second-order valence-electron chi connectivity index (χ2n) is 5.40. The Hall–Kier alpha value is -1.33. The smallest absolute Gasteiger partial charge is 0.404 e. The number of phosphoric ester groups is 1. The van der Waals surface area contributed by atoms with E-state index in [0.29, 0.717) is 0 Å². The standard InChI is InChI=1S/C14H19N2O4P/c17-21(18,19)20-12-3-4-13-11(10-15-14(13)9-12)5-8-16-6-1-2-7-16/h3-4,9-10,15H,1-2,5-8H2,(H2,17,18,19). The zero-order valence-electron chi connectivity index (χ0n) is 11.7. The molecule has 1 aliphatic heterocycles. The van der Waals surface area contributed by atoms with Crippen LogP contribution in [0.5, 0.6) is 5.75 Å². The molecule has 0 bridgehead atoms. The Morgan fingerprint density at radius 1 is 1.29 bits per heavy atom. The Kier molecular flexibility index (Phi) is 4.04. The minimum Gasteiger partial charge on any atom is -0.404 e. The number of rotatable bonds is 5. The van der Waals surface area contributed by atoms with E-state index in [9.17, 15) is 4.57 Å². The number of hydrogen-bond acceptors (Lipinski definition) is 3. The van der Waals surface area contributed by atoms with E-state index < -0.39 is 7.82 Å². The number of nitrogens with zero attached hydrogens (tertiary/aromatic N) is 1. The van der Waals surface area contributed by atoms with E-state index in [1.165, 1.54) is 31.5 Å². The topological polar surface area (TPSA) is 85.8 Å². The maximum absolute atomic E-state index is 10.8. The van der Waals surface area contributed by atoms with Crippen LogP contribution in [0.15, 0.2) is 24.4 Å². The zero-order chi connectivity index (χ0) is 14.9. The molecule has 114 valence electrons. The molecule has 0 unspecified atom stereocenters. The summed E-state index contributed by atoms with van der Waals surface area (Å²) in [5.74, 6) is 0.170. The van der Waals surface area contributed by atoms with Crippen LogP contribution in [0, 0.1) is 0 Å². The van der Waals surface area contributed by atoms with E-state index in [1.54, 1.807) is 12.1 Å². The molecule has 0 aliphatic carbocycles. The molecule has 2 aromatic rings. The van der Waals surface area contributed by atoms with Gasteiger partial charge >= 0.3 is 7.82 Å². The molecule has 1 saturated heterocycles. The molecular weight excluding hydrogens is 291 g/mol. The lowest BCUT2D eigenvalue weighted by Gasteiger charge is -2.13. The number of H-pyrrole nitrogens is 1. The number of nitrogens with one attached hydrogen (secondary N) is 1. The van der Waals surface area contributed by atoms with Crippen LogP contribution in [0.4, 0.5) is 0 Å². The van der Waals surface area contributed by atoms with E-state index in [0.717, 1.165) is 23.9 Å². The van der Waals surface area contributed by atoms with E-state index >= 15 is 0 Å². The number of hydrogen-bond donors (Lipinski definition) is 3. The van der Waals surface area contributed by atoms with Gasteiger partial charge in [0, 0.05) is 29.7 Å². The average Bonchev–Trinajstić information content (AvgIpc) is 3.02. The van der Waals surface area contributed by atoms with Gasteiger partial charge in [0.25, 0.3) is 0 Å². The molecule has 0 amide bonds. The predicted octanol–water partition coefficient (Wildman–Crippen LogP) is 2.28. The largest absolute Gasteiger partial charge is 0.524 e. The quantitative estimate of drug-likeness (QED) is 0.738. The molecule has 1 aromatic heterocycles. The van der Waals surface area contributed by atoms with Crippen LogP contribution >= 0.6 is 7.82 Å². The summed E-state index contributed by atoms with van der Waals surface area (Å²) in [6.45, 7) is 3.42. The summed E-state index contributed by atoms with van der Waals surface area (Å²) in [4.78, 5) is 23.3. The summed E-state index contributed by atoms with van der Waals surface area (Å²) in [7, 11) is -4.51. The lowest BCUT2D eigenvalue weighted by Crippen LogP contribution is -2.21. The van der Waals surface area contributed by atoms with Crippen molar-refractivity contribution in [1.29, 1.82) is 0 Å². The molecule has 2 heterocycles. The van der Waals surface area contributed by atoms with Crippen molar-refractivity contribution in [2.24, 2.45) is 0 Å². The van der Waals surface area contributed by atoms with Gasteiger partial charge in [0.15, 0.2) is 0 Å². The molecule has 3 N–H and O–H groups in total. The first-order valence-electron chi connectivity index (χ1n) is 7.09. The molecule has 0 spiro atoms. The fourth-order valence-corrected chi connectivity index (χ4v) is 3.24. The molecule has 6 nitrogen and oxygen atoms in total. The molecule has 1 aromatic carbocycles. The number of benzene rings is 1. The van der Waals surface area contributed by atoms with Crippen LogP contribution in [0.25, 0.3) is 10.9 Å². The van der Waals surface area contributed by atoms with Gasteiger partial charge in [-0.1, -0.05) is 0 Å². The molecule has 7 heteroatoms. The minimum absolute atomic E-state index is 0.170. The van der Waals surface area contributed by atoms with Gasteiger partial charge in [-0.25, -0.2) is 4.57 Å². The third-order valence-electron chi connectivity index (χ3n) is 3.86. The van der Waals surface area contributed by atoms with Crippen LogP contribution in [0.1, 0.15) is 18.4 Å². The van der Waals surface area contributed by atoms with Crippen molar-refractivity contribution in [2.75, 3.05) is 19.6 Å². The van der Waals surface area contributed by atoms with Gasteiger partial charge in [0.05, 0.1) is 0 Å². The monoisotopic (exact) mass is 310 g/mol. The zero-order valence-corrected chi connectivity index (χ0v) is 12.6. The average molecular weight is 310 g/mol. The van der Waals surface area contributed by atoms with E-state index in [2.05, 4.69) is 14.4 Å². The van der Waals surface area contributed by atoms with E-state index in [-0.39, 0.29) is 5.75 Å². The fraction of sp³-hybridized carbons (Fsp3) is 0.429. The second kappa shape index (κ2) is 5.81. The lowest BCUT2D eigenvalue weighted by molar-refractivity contribution is 0.283. The van der Waals surface area contributed by atoms with Gasteiger partial charge in [-0.05, 0) is 50.0 Å². The number of aromatic nitrogens is 1. The first-order chi connectivity index (χ1) is 10.0. The van der Waals surface area contributed by atoms with Crippen molar-refractivity contribution >= 4 is 18.7 Å². The third-order valence-corrected chi connectivity index (χ3v) is 4.31. The normalized spacial score (nSPS) is 16.7. The number of likely N-dealkylation sites (tertiary alicyclic amines) is 1. The van der Waals surface area contributed by atoms with Gasteiger partial charge in [-0.15, -0.1) is 0 Å².